The molecular formula is C15H14N2O3S. The van der Waals surface area contributed by atoms with E-state index in [2.05, 4.69) is 0 Å². The van der Waals surface area contributed by atoms with Crippen molar-refractivity contribution in [3.8, 4) is 11.8 Å². The molecule has 0 N–H and O–H groups in total. The number of imide groups is 1. The van der Waals surface area contributed by atoms with Crippen molar-refractivity contribution >= 4 is 29.0 Å². The Balaban J connectivity index is 2.15. The van der Waals surface area contributed by atoms with Crippen LogP contribution in [-0.2, 0) is 4.79 Å². The van der Waals surface area contributed by atoms with Crippen LogP contribution in [0.3, 0.4) is 0 Å². The van der Waals surface area contributed by atoms with Crippen molar-refractivity contribution in [1.29, 1.82) is 5.26 Å². The zero-order valence-electron chi connectivity index (χ0n) is 11.7. The summed E-state index contributed by atoms with van der Waals surface area (Å²) in [5.74, 6) is 0.328. The molecule has 0 unspecified atom stereocenters. The highest BCUT2D eigenvalue weighted by atomic mass is 32.2. The van der Waals surface area contributed by atoms with Crippen LogP contribution in [0.2, 0.25) is 0 Å². The van der Waals surface area contributed by atoms with Gasteiger partial charge in [0, 0.05) is 6.04 Å². The smallest absolute Gasteiger partial charge is 0.293 e. The van der Waals surface area contributed by atoms with E-state index in [-0.39, 0.29) is 23.8 Å². The molecular weight excluding hydrogens is 288 g/mol. The van der Waals surface area contributed by atoms with Crippen molar-refractivity contribution in [3.63, 3.8) is 0 Å². The third-order valence-corrected chi connectivity index (χ3v) is 3.70. The van der Waals surface area contributed by atoms with Gasteiger partial charge in [0.15, 0.2) is 6.61 Å². The molecule has 0 aliphatic carbocycles. The number of hydrogen-bond acceptors (Lipinski definition) is 5. The molecule has 5 nitrogen and oxygen atoms in total. The van der Waals surface area contributed by atoms with Crippen molar-refractivity contribution in [3.05, 3.63) is 34.7 Å². The lowest BCUT2D eigenvalue weighted by Gasteiger charge is -2.16. The van der Waals surface area contributed by atoms with Crippen molar-refractivity contribution in [1.82, 2.24) is 4.90 Å². The molecule has 21 heavy (non-hydrogen) atoms. The number of carbonyl (C=O) groups is 2. The second-order valence-corrected chi connectivity index (χ2v) is 5.65. The summed E-state index contributed by atoms with van der Waals surface area (Å²) in [6.45, 7) is 3.61. The van der Waals surface area contributed by atoms with E-state index in [1.807, 2.05) is 6.07 Å². The molecule has 6 heteroatoms. The Hall–Kier alpha value is -2.26. The van der Waals surface area contributed by atoms with Gasteiger partial charge in [-0.15, -0.1) is 0 Å². The average Bonchev–Trinajstić information content (AvgIpc) is 2.72. The van der Waals surface area contributed by atoms with Gasteiger partial charge in [0.2, 0.25) is 0 Å². The Morgan fingerprint density at radius 1 is 1.33 bits per heavy atom. The van der Waals surface area contributed by atoms with Crippen molar-refractivity contribution in [2.75, 3.05) is 6.61 Å². The Bertz CT molecular complexity index is 629. The van der Waals surface area contributed by atoms with Gasteiger partial charge in [-0.3, -0.25) is 14.5 Å². The topological polar surface area (TPSA) is 70.4 Å². The second-order valence-electron chi connectivity index (χ2n) is 4.66. The highest BCUT2D eigenvalue weighted by molar-refractivity contribution is 8.18. The molecule has 2 rings (SSSR count). The predicted molar refractivity (Wildman–Crippen MR) is 80.5 cm³/mol. The molecule has 1 aromatic carbocycles. The van der Waals surface area contributed by atoms with Crippen LogP contribution in [0.5, 0.6) is 5.75 Å². The molecule has 0 saturated carbocycles. The number of hydrogen-bond donors (Lipinski definition) is 0. The van der Waals surface area contributed by atoms with E-state index in [1.54, 1.807) is 44.2 Å². The fourth-order valence-electron chi connectivity index (χ4n) is 1.85. The molecule has 1 aliphatic rings. The quantitative estimate of drug-likeness (QED) is 0.799. The molecule has 1 fully saturated rings. The van der Waals surface area contributed by atoms with Gasteiger partial charge in [-0.1, -0.05) is 12.1 Å². The zero-order chi connectivity index (χ0) is 15.4. The SMILES string of the molecule is CC(C)N1C(=O)S/C(=C/c2ccc(OCC#N)cc2)C1=O. The molecule has 0 spiro atoms. The number of thioether (sulfide) groups is 1. The first-order valence-corrected chi connectivity index (χ1v) is 7.21. The van der Waals surface area contributed by atoms with E-state index < -0.39 is 0 Å². The molecule has 0 bridgehead atoms. The minimum atomic E-state index is -0.259. The van der Waals surface area contributed by atoms with E-state index in [0.29, 0.717) is 10.7 Å². The van der Waals surface area contributed by atoms with E-state index in [1.165, 1.54) is 4.90 Å². The predicted octanol–water partition coefficient (Wildman–Crippen LogP) is 3.03. The summed E-state index contributed by atoms with van der Waals surface area (Å²) in [5.41, 5.74) is 0.800. The van der Waals surface area contributed by atoms with E-state index in [9.17, 15) is 9.59 Å². The van der Waals surface area contributed by atoms with Gasteiger partial charge in [0.25, 0.3) is 11.1 Å². The molecule has 2 amide bonds. The first kappa shape index (κ1) is 15.1. The maximum atomic E-state index is 12.1. The van der Waals surface area contributed by atoms with Crippen LogP contribution in [0.15, 0.2) is 29.2 Å². The van der Waals surface area contributed by atoms with Crippen LogP contribution in [0.1, 0.15) is 19.4 Å². The zero-order valence-corrected chi connectivity index (χ0v) is 12.5. The molecule has 1 saturated heterocycles. The van der Waals surface area contributed by atoms with Crippen LogP contribution in [0, 0.1) is 11.3 Å². The molecule has 1 aromatic rings. The molecule has 0 aromatic heterocycles. The van der Waals surface area contributed by atoms with Gasteiger partial charge in [0.05, 0.1) is 4.91 Å². The van der Waals surface area contributed by atoms with Gasteiger partial charge < -0.3 is 4.74 Å². The molecule has 1 heterocycles. The third kappa shape index (κ3) is 3.44. The summed E-state index contributed by atoms with van der Waals surface area (Å²) < 4.78 is 5.15. The van der Waals surface area contributed by atoms with E-state index in [4.69, 9.17) is 10.00 Å². The minimum Gasteiger partial charge on any atom is -0.479 e. The molecule has 0 radical (unpaired) electrons. The fourth-order valence-corrected chi connectivity index (χ4v) is 2.81. The maximum absolute atomic E-state index is 12.1. The van der Waals surface area contributed by atoms with Crippen molar-refractivity contribution < 1.29 is 14.3 Å². The highest BCUT2D eigenvalue weighted by Crippen LogP contribution is 2.33. The largest absolute Gasteiger partial charge is 0.479 e. The van der Waals surface area contributed by atoms with E-state index in [0.717, 1.165) is 17.3 Å². The number of benzene rings is 1. The van der Waals surface area contributed by atoms with Crippen LogP contribution in [0.25, 0.3) is 6.08 Å². The number of amides is 2. The van der Waals surface area contributed by atoms with Crippen molar-refractivity contribution in [2.24, 2.45) is 0 Å². The minimum absolute atomic E-state index is 0.00732. The normalized spacial score (nSPS) is 16.7. The second kappa shape index (κ2) is 6.46. The Kier molecular flexibility index (Phi) is 4.66. The number of carbonyl (C=O) groups excluding carboxylic acids is 2. The molecule has 108 valence electrons. The number of nitriles is 1. The van der Waals surface area contributed by atoms with Crippen LogP contribution < -0.4 is 4.74 Å². The third-order valence-electron chi connectivity index (χ3n) is 2.82. The van der Waals surface area contributed by atoms with Crippen molar-refractivity contribution in [2.45, 2.75) is 19.9 Å². The van der Waals surface area contributed by atoms with Crippen LogP contribution >= 0.6 is 11.8 Å². The lowest BCUT2D eigenvalue weighted by molar-refractivity contribution is -0.123. The first-order valence-electron chi connectivity index (χ1n) is 6.40. The maximum Gasteiger partial charge on any atom is 0.293 e. The van der Waals surface area contributed by atoms with Gasteiger partial charge in [-0.05, 0) is 49.4 Å². The summed E-state index contributed by atoms with van der Waals surface area (Å²) in [4.78, 5) is 25.6. The average molecular weight is 302 g/mol. The van der Waals surface area contributed by atoms with Gasteiger partial charge in [0.1, 0.15) is 11.8 Å². The molecule has 1 aliphatic heterocycles. The Morgan fingerprint density at radius 3 is 2.52 bits per heavy atom. The lowest BCUT2D eigenvalue weighted by atomic mass is 10.2. The summed E-state index contributed by atoms with van der Waals surface area (Å²) >= 11 is 0.947. The Morgan fingerprint density at radius 2 is 2.00 bits per heavy atom. The summed E-state index contributed by atoms with van der Waals surface area (Å²) in [6.07, 6.45) is 1.68. The molecule has 0 atom stereocenters. The standard InChI is InChI=1S/C15H14N2O3S/c1-10(2)17-14(18)13(21-15(17)19)9-11-3-5-12(6-4-11)20-8-7-16/h3-6,9-10H,8H2,1-2H3/b13-9+. The Labute approximate surface area is 127 Å². The number of nitrogens with zero attached hydrogens (tertiary/aromatic N) is 2. The highest BCUT2D eigenvalue weighted by Gasteiger charge is 2.36. The van der Waals surface area contributed by atoms with Gasteiger partial charge >= 0.3 is 0 Å². The van der Waals surface area contributed by atoms with E-state index >= 15 is 0 Å². The number of rotatable bonds is 4. The first-order chi connectivity index (χ1) is 10.0. The summed E-state index contributed by atoms with van der Waals surface area (Å²) in [5, 5.41) is 8.19. The monoisotopic (exact) mass is 302 g/mol. The van der Waals surface area contributed by atoms with Gasteiger partial charge in [-0.2, -0.15) is 5.26 Å². The summed E-state index contributed by atoms with van der Waals surface area (Å²) in [6, 6.07) is 8.73. The fraction of sp³-hybridized carbons (Fsp3) is 0.267. The van der Waals surface area contributed by atoms with Crippen LogP contribution in [0.4, 0.5) is 4.79 Å². The lowest BCUT2D eigenvalue weighted by Crippen LogP contribution is -2.34. The summed E-state index contributed by atoms with van der Waals surface area (Å²) in [7, 11) is 0. The number of ether oxygens (including phenoxy) is 1. The van der Waals surface area contributed by atoms with Gasteiger partial charge in [-0.25, -0.2) is 0 Å². The van der Waals surface area contributed by atoms with Crippen LogP contribution in [-0.4, -0.2) is 28.7 Å².